The first-order valence-electron chi connectivity index (χ1n) is 4.54. The Hall–Kier alpha value is -1.55. The normalized spacial score (nSPS) is 12.0. The highest BCUT2D eigenvalue weighted by Crippen LogP contribution is 2.23. The van der Waals surface area contributed by atoms with Crippen LogP contribution in [0.2, 0.25) is 0 Å². The molecule has 0 amide bonds. The first-order valence-corrected chi connectivity index (χ1v) is 4.54. The van der Waals surface area contributed by atoms with Crippen molar-refractivity contribution >= 4 is 5.78 Å². The fourth-order valence-corrected chi connectivity index (χ4v) is 1.19. The zero-order valence-corrected chi connectivity index (χ0v) is 8.98. The monoisotopic (exact) mass is 210 g/mol. The van der Waals surface area contributed by atoms with Gasteiger partial charge in [-0.05, 0) is 19.1 Å². The van der Waals surface area contributed by atoms with Crippen molar-refractivity contribution in [2.24, 2.45) is 0 Å². The van der Waals surface area contributed by atoms with Gasteiger partial charge in [0.2, 0.25) is 0 Å². The van der Waals surface area contributed by atoms with Gasteiger partial charge in [-0.3, -0.25) is 4.79 Å². The van der Waals surface area contributed by atoms with Crippen molar-refractivity contribution in [1.29, 1.82) is 0 Å². The van der Waals surface area contributed by atoms with E-state index in [0.717, 1.165) is 0 Å². The van der Waals surface area contributed by atoms with Gasteiger partial charge < -0.3 is 14.6 Å². The van der Waals surface area contributed by atoms with Gasteiger partial charge in [0.25, 0.3) is 0 Å². The maximum Gasteiger partial charge on any atom is 0.191 e. The summed E-state index contributed by atoms with van der Waals surface area (Å²) in [5.41, 5.74) is 0.376. The topological polar surface area (TPSA) is 55.8 Å². The number of carbonyl (C=O) groups excluding carboxylic acids is 1. The van der Waals surface area contributed by atoms with E-state index in [1.165, 1.54) is 21.1 Å². The van der Waals surface area contributed by atoms with Crippen LogP contribution in [0.1, 0.15) is 17.3 Å². The van der Waals surface area contributed by atoms with Gasteiger partial charge in [0, 0.05) is 11.6 Å². The standard InChI is InChI=1S/C11H14O4/c1-7(12)11(13)8-4-9(14-2)6-10(5-8)15-3/h4-7,12H,1-3H3/t7-/m1/s1. The van der Waals surface area contributed by atoms with Gasteiger partial charge >= 0.3 is 0 Å². The zero-order valence-electron chi connectivity index (χ0n) is 8.98. The van der Waals surface area contributed by atoms with Crippen LogP contribution in [0.25, 0.3) is 0 Å². The van der Waals surface area contributed by atoms with Gasteiger partial charge in [-0.1, -0.05) is 0 Å². The number of hydrogen-bond donors (Lipinski definition) is 1. The van der Waals surface area contributed by atoms with Gasteiger partial charge in [0.05, 0.1) is 14.2 Å². The third kappa shape index (κ3) is 2.70. The Labute approximate surface area is 88.4 Å². The predicted molar refractivity (Wildman–Crippen MR) is 55.6 cm³/mol. The Morgan fingerprint density at radius 3 is 2.00 bits per heavy atom. The molecule has 0 fully saturated rings. The molecule has 1 N–H and O–H groups in total. The Morgan fingerprint density at radius 2 is 1.67 bits per heavy atom. The van der Waals surface area contributed by atoms with Crippen LogP contribution in [0.15, 0.2) is 18.2 Å². The molecule has 4 nitrogen and oxygen atoms in total. The van der Waals surface area contributed by atoms with E-state index in [1.807, 2.05) is 0 Å². The van der Waals surface area contributed by atoms with Crippen LogP contribution in [0.5, 0.6) is 11.5 Å². The molecular formula is C11H14O4. The summed E-state index contributed by atoms with van der Waals surface area (Å²) in [6, 6.07) is 4.80. The fourth-order valence-electron chi connectivity index (χ4n) is 1.19. The third-order valence-electron chi connectivity index (χ3n) is 2.02. The van der Waals surface area contributed by atoms with Gasteiger partial charge in [-0.15, -0.1) is 0 Å². The highest BCUT2D eigenvalue weighted by atomic mass is 16.5. The Bertz CT molecular complexity index is 335. The maximum absolute atomic E-state index is 11.5. The van der Waals surface area contributed by atoms with Gasteiger partial charge in [0.15, 0.2) is 5.78 Å². The number of aliphatic hydroxyl groups is 1. The van der Waals surface area contributed by atoms with E-state index in [0.29, 0.717) is 17.1 Å². The summed E-state index contributed by atoms with van der Waals surface area (Å²) >= 11 is 0. The summed E-state index contributed by atoms with van der Waals surface area (Å²) in [6.07, 6.45) is -1.03. The SMILES string of the molecule is COc1cc(OC)cc(C(=O)[C@@H](C)O)c1. The number of carbonyl (C=O) groups is 1. The maximum atomic E-state index is 11.5. The molecule has 0 aliphatic carbocycles. The summed E-state index contributed by atoms with van der Waals surface area (Å²) in [4.78, 5) is 11.5. The van der Waals surface area contributed by atoms with Crippen molar-refractivity contribution in [3.8, 4) is 11.5 Å². The molecule has 4 heteroatoms. The second-order valence-corrected chi connectivity index (χ2v) is 3.14. The molecule has 0 radical (unpaired) electrons. The molecule has 1 atom stereocenters. The van der Waals surface area contributed by atoms with Crippen molar-refractivity contribution in [2.45, 2.75) is 13.0 Å². The van der Waals surface area contributed by atoms with Crippen molar-refractivity contribution in [3.63, 3.8) is 0 Å². The van der Waals surface area contributed by atoms with E-state index in [2.05, 4.69) is 0 Å². The molecule has 0 aliphatic heterocycles. The van der Waals surface area contributed by atoms with Crippen molar-refractivity contribution in [3.05, 3.63) is 23.8 Å². The first-order chi connectivity index (χ1) is 7.08. The molecule has 0 saturated heterocycles. The molecule has 1 rings (SSSR count). The minimum atomic E-state index is -1.03. The van der Waals surface area contributed by atoms with E-state index < -0.39 is 6.10 Å². The second-order valence-electron chi connectivity index (χ2n) is 3.14. The van der Waals surface area contributed by atoms with Crippen LogP contribution in [-0.4, -0.2) is 31.2 Å². The Morgan fingerprint density at radius 1 is 1.20 bits per heavy atom. The molecule has 0 spiro atoms. The second kappa shape index (κ2) is 4.79. The van der Waals surface area contributed by atoms with E-state index >= 15 is 0 Å². The van der Waals surface area contributed by atoms with Crippen LogP contribution in [-0.2, 0) is 0 Å². The number of hydrogen-bond acceptors (Lipinski definition) is 4. The lowest BCUT2D eigenvalue weighted by atomic mass is 10.1. The smallest absolute Gasteiger partial charge is 0.191 e. The van der Waals surface area contributed by atoms with Crippen LogP contribution >= 0.6 is 0 Å². The summed E-state index contributed by atoms with van der Waals surface area (Å²) in [7, 11) is 3.01. The predicted octanol–water partition coefficient (Wildman–Crippen LogP) is 1.27. The van der Waals surface area contributed by atoms with E-state index in [1.54, 1.807) is 18.2 Å². The van der Waals surface area contributed by atoms with Gasteiger partial charge in [-0.25, -0.2) is 0 Å². The number of benzene rings is 1. The molecule has 0 unspecified atom stereocenters. The minimum absolute atomic E-state index is 0.354. The largest absolute Gasteiger partial charge is 0.497 e. The highest BCUT2D eigenvalue weighted by Gasteiger charge is 2.14. The Kier molecular flexibility index (Phi) is 3.68. The summed E-state index contributed by atoms with van der Waals surface area (Å²) in [6.45, 7) is 1.42. The molecule has 15 heavy (non-hydrogen) atoms. The number of Topliss-reactive ketones (excluding diaryl/α,β-unsaturated/α-hetero) is 1. The molecule has 0 heterocycles. The van der Waals surface area contributed by atoms with Crippen LogP contribution in [0, 0.1) is 0 Å². The number of methoxy groups -OCH3 is 2. The third-order valence-corrected chi connectivity index (χ3v) is 2.02. The summed E-state index contributed by atoms with van der Waals surface area (Å²) < 4.78 is 10.0. The molecule has 1 aromatic carbocycles. The van der Waals surface area contributed by atoms with Crippen LogP contribution < -0.4 is 9.47 Å². The molecule has 0 aliphatic rings. The van der Waals surface area contributed by atoms with E-state index in [-0.39, 0.29) is 5.78 Å². The fraction of sp³-hybridized carbons (Fsp3) is 0.364. The lowest BCUT2D eigenvalue weighted by molar-refractivity contribution is 0.0779. The first kappa shape index (κ1) is 11.5. The lowest BCUT2D eigenvalue weighted by Gasteiger charge is -2.08. The summed E-state index contributed by atoms with van der Waals surface area (Å²) in [5.74, 6) is 0.698. The van der Waals surface area contributed by atoms with E-state index in [4.69, 9.17) is 9.47 Å². The number of aliphatic hydroxyl groups excluding tert-OH is 1. The molecule has 82 valence electrons. The average molecular weight is 210 g/mol. The molecule has 0 saturated carbocycles. The number of ketones is 1. The van der Waals surface area contributed by atoms with Crippen molar-refractivity contribution < 1.29 is 19.4 Å². The van der Waals surface area contributed by atoms with Gasteiger partial charge in [0.1, 0.15) is 17.6 Å². The van der Waals surface area contributed by atoms with Crippen LogP contribution in [0.3, 0.4) is 0 Å². The number of rotatable bonds is 4. The van der Waals surface area contributed by atoms with E-state index in [9.17, 15) is 9.90 Å². The molecular weight excluding hydrogens is 196 g/mol. The van der Waals surface area contributed by atoms with Gasteiger partial charge in [-0.2, -0.15) is 0 Å². The molecule has 1 aromatic rings. The van der Waals surface area contributed by atoms with Crippen molar-refractivity contribution in [2.75, 3.05) is 14.2 Å². The average Bonchev–Trinajstić information content (AvgIpc) is 2.27. The van der Waals surface area contributed by atoms with Crippen LogP contribution in [0.4, 0.5) is 0 Å². The van der Waals surface area contributed by atoms with Crippen molar-refractivity contribution in [1.82, 2.24) is 0 Å². The Balaban J connectivity index is 3.12. The number of ether oxygens (including phenoxy) is 2. The lowest BCUT2D eigenvalue weighted by Crippen LogP contribution is -2.16. The minimum Gasteiger partial charge on any atom is -0.497 e. The zero-order chi connectivity index (χ0) is 11.4. The molecule has 0 aromatic heterocycles. The highest BCUT2D eigenvalue weighted by molar-refractivity contribution is 5.99. The quantitative estimate of drug-likeness (QED) is 0.760. The molecule has 0 bridgehead atoms. The summed E-state index contributed by atoms with van der Waals surface area (Å²) in [5, 5.41) is 9.17.